The van der Waals surface area contributed by atoms with E-state index in [0.717, 1.165) is 22.2 Å². The number of hydrogen-bond donors (Lipinski definition) is 1. The summed E-state index contributed by atoms with van der Waals surface area (Å²) in [6.45, 7) is 5.65. The molecule has 1 N–H and O–H groups in total. The molecule has 0 aliphatic heterocycles. The minimum Gasteiger partial charge on any atom is -0.350 e. The molecule has 0 aliphatic carbocycles. The molecule has 0 radical (unpaired) electrons. The first-order chi connectivity index (χ1) is 14.5. The van der Waals surface area contributed by atoms with Gasteiger partial charge in [0.05, 0.1) is 11.1 Å². The smallest absolute Gasteiger partial charge is 0.291 e. The first-order valence-electron chi connectivity index (χ1n) is 9.84. The average Bonchev–Trinajstić information content (AvgIpc) is 2.75. The fraction of sp³-hybridized carbons (Fsp3) is 0.167. The van der Waals surface area contributed by atoms with E-state index in [2.05, 4.69) is 15.4 Å². The van der Waals surface area contributed by atoms with Gasteiger partial charge in [-0.15, -0.1) is 0 Å². The van der Waals surface area contributed by atoms with Gasteiger partial charge in [0, 0.05) is 28.9 Å². The van der Waals surface area contributed by atoms with Crippen LogP contribution in [0.15, 0.2) is 65.5 Å². The third-order valence-electron chi connectivity index (χ3n) is 4.95. The zero-order chi connectivity index (χ0) is 21.3. The molecule has 2 aromatic carbocycles. The maximum absolute atomic E-state index is 13.1. The highest BCUT2D eigenvalue weighted by molar-refractivity contribution is 6.05. The number of hydrogen-bond acceptors (Lipinski definition) is 5. The molecule has 0 unspecified atom stereocenters. The van der Waals surface area contributed by atoms with Gasteiger partial charge >= 0.3 is 0 Å². The van der Waals surface area contributed by atoms with Gasteiger partial charge in [-0.3, -0.25) is 14.6 Å². The van der Waals surface area contributed by atoms with E-state index in [1.807, 2.05) is 74.5 Å². The molecule has 150 valence electrons. The monoisotopic (exact) mass is 398 g/mol. The van der Waals surface area contributed by atoms with Crippen LogP contribution in [0, 0.1) is 6.92 Å². The van der Waals surface area contributed by atoms with Gasteiger partial charge in [-0.1, -0.05) is 36.4 Å². The lowest BCUT2D eigenvalue weighted by Crippen LogP contribution is -2.28. The molecule has 0 saturated heterocycles. The van der Waals surface area contributed by atoms with Crippen molar-refractivity contribution in [1.82, 2.24) is 14.8 Å². The van der Waals surface area contributed by atoms with Gasteiger partial charge in [-0.25, -0.2) is 4.68 Å². The Balaban J connectivity index is 1.91. The molecular formula is C24H22N4O2. The largest absolute Gasteiger partial charge is 0.350 e. The van der Waals surface area contributed by atoms with Gasteiger partial charge in [-0.2, -0.15) is 5.10 Å². The van der Waals surface area contributed by atoms with Crippen molar-refractivity contribution in [3.05, 3.63) is 82.3 Å². The number of anilines is 2. The Labute approximate surface area is 174 Å². The van der Waals surface area contributed by atoms with Crippen molar-refractivity contribution in [3.8, 4) is 11.3 Å². The summed E-state index contributed by atoms with van der Waals surface area (Å²) < 4.78 is 1.38. The van der Waals surface area contributed by atoms with Crippen LogP contribution in [-0.2, 0) is 6.54 Å². The summed E-state index contributed by atoms with van der Waals surface area (Å²) in [5.41, 5.74) is 3.99. The van der Waals surface area contributed by atoms with Crippen molar-refractivity contribution in [2.75, 3.05) is 5.32 Å². The number of Topliss-reactive ketones (excluding diaryl/α,β-unsaturated/α-hetero) is 1. The third-order valence-corrected chi connectivity index (χ3v) is 4.95. The van der Waals surface area contributed by atoms with Gasteiger partial charge < -0.3 is 5.32 Å². The van der Waals surface area contributed by atoms with Crippen molar-refractivity contribution < 1.29 is 4.79 Å². The normalized spacial score (nSPS) is 10.9. The Morgan fingerprint density at radius 3 is 2.53 bits per heavy atom. The summed E-state index contributed by atoms with van der Waals surface area (Å²) in [5.74, 6) is -0.220. The van der Waals surface area contributed by atoms with Crippen LogP contribution in [0.2, 0.25) is 0 Å². The number of pyridine rings is 1. The first kappa shape index (κ1) is 19.5. The van der Waals surface area contributed by atoms with Gasteiger partial charge in [0.15, 0.2) is 5.78 Å². The molecule has 6 nitrogen and oxygen atoms in total. The topological polar surface area (TPSA) is 76.9 Å². The van der Waals surface area contributed by atoms with Crippen molar-refractivity contribution >= 4 is 28.1 Å². The Morgan fingerprint density at radius 2 is 1.83 bits per heavy atom. The minimum atomic E-state index is -0.329. The Hall–Kier alpha value is -3.80. The van der Waals surface area contributed by atoms with Crippen LogP contribution in [0.4, 0.5) is 11.4 Å². The Morgan fingerprint density at radius 1 is 1.07 bits per heavy atom. The number of fused-ring (bicyclic) bond motifs is 1. The molecule has 6 heteroatoms. The molecule has 2 heterocycles. The summed E-state index contributed by atoms with van der Waals surface area (Å²) in [4.78, 5) is 30.2. The number of ketones is 1. The number of carbonyl (C=O) groups excluding carboxylic acids is 1. The summed E-state index contributed by atoms with van der Waals surface area (Å²) in [6, 6.07) is 19.0. The summed E-state index contributed by atoms with van der Waals surface area (Å²) >= 11 is 0. The van der Waals surface area contributed by atoms with Crippen molar-refractivity contribution in [1.29, 1.82) is 0 Å². The number of benzene rings is 2. The quantitative estimate of drug-likeness (QED) is 0.492. The van der Waals surface area contributed by atoms with E-state index in [1.54, 1.807) is 0 Å². The van der Waals surface area contributed by atoms with Crippen LogP contribution in [0.3, 0.4) is 0 Å². The Bertz CT molecular complexity index is 1310. The zero-order valence-electron chi connectivity index (χ0n) is 17.1. The summed E-state index contributed by atoms with van der Waals surface area (Å²) in [5, 5.41) is 8.62. The van der Waals surface area contributed by atoms with Crippen LogP contribution in [0.25, 0.3) is 22.2 Å². The molecule has 0 atom stereocenters. The SMILES string of the molecule is CCn1nc(-c2ccccc2)c(C(C)=O)c(Nc2ccc3nc(C)ccc3c2)c1=O. The number of carbonyl (C=O) groups is 1. The maximum atomic E-state index is 13.1. The van der Waals surface area contributed by atoms with Crippen LogP contribution >= 0.6 is 0 Å². The molecule has 4 aromatic rings. The van der Waals surface area contributed by atoms with Crippen LogP contribution in [-0.4, -0.2) is 20.5 Å². The van der Waals surface area contributed by atoms with Gasteiger partial charge in [0.1, 0.15) is 11.4 Å². The van der Waals surface area contributed by atoms with Crippen LogP contribution in [0.1, 0.15) is 29.9 Å². The van der Waals surface area contributed by atoms with E-state index in [-0.39, 0.29) is 22.6 Å². The van der Waals surface area contributed by atoms with Crippen molar-refractivity contribution in [3.63, 3.8) is 0 Å². The molecule has 30 heavy (non-hydrogen) atoms. The van der Waals surface area contributed by atoms with E-state index in [9.17, 15) is 9.59 Å². The van der Waals surface area contributed by atoms with E-state index < -0.39 is 0 Å². The van der Waals surface area contributed by atoms with E-state index in [4.69, 9.17) is 0 Å². The fourth-order valence-corrected chi connectivity index (χ4v) is 3.49. The van der Waals surface area contributed by atoms with E-state index in [1.165, 1.54) is 11.6 Å². The van der Waals surface area contributed by atoms with E-state index >= 15 is 0 Å². The van der Waals surface area contributed by atoms with E-state index in [0.29, 0.717) is 17.9 Å². The lowest BCUT2D eigenvalue weighted by molar-refractivity contribution is 0.101. The molecule has 2 aromatic heterocycles. The minimum absolute atomic E-state index is 0.220. The second-order valence-corrected chi connectivity index (χ2v) is 7.13. The highest BCUT2D eigenvalue weighted by Crippen LogP contribution is 2.28. The van der Waals surface area contributed by atoms with Gasteiger partial charge in [-0.05, 0) is 45.0 Å². The second kappa shape index (κ2) is 7.91. The number of aromatic nitrogens is 3. The number of nitrogens with one attached hydrogen (secondary N) is 1. The fourth-order valence-electron chi connectivity index (χ4n) is 3.49. The second-order valence-electron chi connectivity index (χ2n) is 7.13. The lowest BCUT2D eigenvalue weighted by Gasteiger charge is -2.16. The van der Waals surface area contributed by atoms with Crippen LogP contribution < -0.4 is 10.9 Å². The van der Waals surface area contributed by atoms with Crippen LogP contribution in [0.5, 0.6) is 0 Å². The molecule has 4 rings (SSSR count). The van der Waals surface area contributed by atoms with Gasteiger partial charge in [0.2, 0.25) is 0 Å². The average molecular weight is 398 g/mol. The number of aryl methyl sites for hydroxylation is 2. The number of nitrogens with zero attached hydrogens (tertiary/aromatic N) is 3. The summed E-state index contributed by atoms with van der Waals surface area (Å²) in [6.07, 6.45) is 0. The predicted octanol–water partition coefficient (Wildman–Crippen LogP) is 4.73. The summed E-state index contributed by atoms with van der Waals surface area (Å²) in [7, 11) is 0. The van der Waals surface area contributed by atoms with Crippen molar-refractivity contribution in [2.45, 2.75) is 27.3 Å². The predicted molar refractivity (Wildman–Crippen MR) is 119 cm³/mol. The molecule has 0 aliphatic rings. The molecule has 0 spiro atoms. The highest BCUT2D eigenvalue weighted by atomic mass is 16.1. The molecule has 0 saturated carbocycles. The first-order valence-corrected chi connectivity index (χ1v) is 9.84. The van der Waals surface area contributed by atoms with Gasteiger partial charge in [0.25, 0.3) is 5.56 Å². The van der Waals surface area contributed by atoms with Crippen molar-refractivity contribution in [2.24, 2.45) is 0 Å². The number of rotatable bonds is 5. The standard InChI is InChI=1S/C24H22N4O2/c1-4-28-24(30)23(21(16(3)29)22(27-28)17-8-6-5-7-9-17)26-19-12-13-20-18(14-19)11-10-15(2)25-20/h5-14,26H,4H2,1-3H3. The molecule has 0 amide bonds. The molecular weight excluding hydrogens is 376 g/mol. The Kier molecular flexibility index (Phi) is 5.14. The molecule has 0 bridgehead atoms. The molecule has 0 fully saturated rings. The third kappa shape index (κ3) is 3.59. The highest BCUT2D eigenvalue weighted by Gasteiger charge is 2.22. The maximum Gasteiger partial charge on any atom is 0.291 e. The lowest BCUT2D eigenvalue weighted by atomic mass is 10.0. The zero-order valence-corrected chi connectivity index (χ0v) is 17.1.